The first-order chi connectivity index (χ1) is 8.58. The van der Waals surface area contributed by atoms with Gasteiger partial charge >= 0.3 is 0 Å². The van der Waals surface area contributed by atoms with E-state index in [1.807, 2.05) is 28.0 Å². The Morgan fingerprint density at radius 2 is 2.17 bits per heavy atom. The number of thiophene rings is 1. The summed E-state index contributed by atoms with van der Waals surface area (Å²) >= 11 is 3.44. The molecule has 18 heavy (non-hydrogen) atoms. The second-order valence-corrected chi connectivity index (χ2v) is 5.33. The van der Waals surface area contributed by atoms with E-state index in [4.69, 9.17) is 0 Å². The first-order valence-corrected chi connectivity index (χ1v) is 6.87. The molecule has 2 rings (SSSR count). The van der Waals surface area contributed by atoms with Crippen molar-refractivity contribution in [2.75, 3.05) is 5.32 Å². The van der Waals surface area contributed by atoms with E-state index in [0.717, 1.165) is 0 Å². The number of carbonyl (C=O) groups excluding carboxylic acids is 1. The van der Waals surface area contributed by atoms with E-state index in [-0.39, 0.29) is 11.6 Å². The average Bonchev–Trinajstić information content (AvgIpc) is 2.81. The highest BCUT2D eigenvalue weighted by Gasteiger charge is 2.15. The van der Waals surface area contributed by atoms with Gasteiger partial charge in [0.15, 0.2) is 0 Å². The maximum absolute atomic E-state index is 12.0. The molecule has 0 saturated heterocycles. The molecule has 7 heteroatoms. The van der Waals surface area contributed by atoms with Gasteiger partial charge in [-0.05, 0) is 40.1 Å². The van der Waals surface area contributed by atoms with Crippen LogP contribution in [0.1, 0.15) is 10.4 Å². The smallest absolute Gasteiger partial charge is 0.270 e. The predicted octanol–water partition coefficient (Wildman–Crippen LogP) is 3.51. The summed E-state index contributed by atoms with van der Waals surface area (Å²) in [6.45, 7) is 0. The molecule has 0 fully saturated rings. The van der Waals surface area contributed by atoms with Gasteiger partial charge in [-0.3, -0.25) is 14.9 Å². The molecule has 1 N–H and O–H groups in total. The molecule has 92 valence electrons. The van der Waals surface area contributed by atoms with Gasteiger partial charge in [0, 0.05) is 21.1 Å². The number of hydrogen-bond acceptors (Lipinski definition) is 4. The normalized spacial score (nSPS) is 10.1. The van der Waals surface area contributed by atoms with Crippen LogP contribution in [-0.2, 0) is 0 Å². The Hall–Kier alpha value is -1.48. The number of non-ortho nitro benzene ring substituents is 1. The summed E-state index contributed by atoms with van der Waals surface area (Å²) in [5.41, 5.74) is 0.897. The molecule has 1 heterocycles. The van der Waals surface area contributed by atoms with Crippen molar-refractivity contribution in [1.82, 2.24) is 0 Å². The van der Waals surface area contributed by atoms with Gasteiger partial charge in [-0.2, -0.15) is 11.3 Å². The molecule has 0 aliphatic carbocycles. The summed E-state index contributed by atoms with van der Waals surface area (Å²) in [6.07, 6.45) is 0. The lowest BCUT2D eigenvalue weighted by Gasteiger charge is -2.05. The van der Waals surface area contributed by atoms with Gasteiger partial charge in [-0.1, -0.05) is 0 Å². The van der Waals surface area contributed by atoms with E-state index in [9.17, 15) is 14.9 Å². The number of halogens is 1. The monoisotopic (exact) mass is 374 g/mol. The topological polar surface area (TPSA) is 72.2 Å². The van der Waals surface area contributed by atoms with Gasteiger partial charge in [0.05, 0.1) is 16.2 Å². The van der Waals surface area contributed by atoms with E-state index >= 15 is 0 Å². The van der Waals surface area contributed by atoms with E-state index in [1.165, 1.54) is 23.5 Å². The SMILES string of the molecule is O=C(Nc1ccsc1)c1cc([N+](=O)[O-])ccc1I. The number of nitrogens with one attached hydrogen (secondary N) is 1. The second-order valence-electron chi connectivity index (χ2n) is 3.39. The molecule has 0 saturated carbocycles. The number of rotatable bonds is 3. The molecule has 1 aromatic carbocycles. The summed E-state index contributed by atoms with van der Waals surface area (Å²) in [7, 11) is 0. The van der Waals surface area contributed by atoms with Crippen LogP contribution in [0.25, 0.3) is 0 Å². The Labute approximate surface area is 120 Å². The third-order valence-electron chi connectivity index (χ3n) is 2.18. The van der Waals surface area contributed by atoms with E-state index in [0.29, 0.717) is 14.8 Å². The van der Waals surface area contributed by atoms with Crippen molar-refractivity contribution >= 4 is 51.2 Å². The maximum Gasteiger partial charge on any atom is 0.270 e. The summed E-state index contributed by atoms with van der Waals surface area (Å²) in [4.78, 5) is 22.1. The highest BCUT2D eigenvalue weighted by Crippen LogP contribution is 2.21. The number of nitro benzene ring substituents is 1. The molecule has 2 aromatic rings. The van der Waals surface area contributed by atoms with Crippen LogP contribution in [0.15, 0.2) is 35.0 Å². The number of benzene rings is 1. The van der Waals surface area contributed by atoms with E-state index in [2.05, 4.69) is 5.32 Å². The van der Waals surface area contributed by atoms with Crippen LogP contribution in [0, 0.1) is 13.7 Å². The number of amides is 1. The van der Waals surface area contributed by atoms with Gasteiger partial charge in [-0.15, -0.1) is 0 Å². The molecule has 0 radical (unpaired) electrons. The minimum atomic E-state index is -0.516. The largest absolute Gasteiger partial charge is 0.321 e. The number of nitrogens with zero attached hydrogens (tertiary/aromatic N) is 1. The Kier molecular flexibility index (Phi) is 3.92. The van der Waals surface area contributed by atoms with Crippen LogP contribution in [0.4, 0.5) is 11.4 Å². The van der Waals surface area contributed by atoms with E-state index < -0.39 is 4.92 Å². The molecule has 0 aliphatic rings. The summed E-state index contributed by atoms with van der Waals surface area (Å²) in [5.74, 6) is -0.346. The molecule has 1 aromatic heterocycles. The zero-order valence-corrected chi connectivity index (χ0v) is 11.9. The minimum absolute atomic E-state index is 0.0918. The maximum atomic E-state index is 12.0. The second kappa shape index (κ2) is 5.44. The van der Waals surface area contributed by atoms with Crippen molar-refractivity contribution in [3.63, 3.8) is 0 Å². The Morgan fingerprint density at radius 3 is 2.78 bits per heavy atom. The van der Waals surface area contributed by atoms with Gasteiger partial charge in [0.1, 0.15) is 0 Å². The first kappa shape index (κ1) is 13.0. The zero-order chi connectivity index (χ0) is 13.1. The van der Waals surface area contributed by atoms with Gasteiger partial charge in [-0.25, -0.2) is 0 Å². The van der Waals surface area contributed by atoms with Crippen molar-refractivity contribution in [3.05, 3.63) is 54.3 Å². The average molecular weight is 374 g/mol. The summed E-state index contributed by atoms with van der Waals surface area (Å²) < 4.78 is 0.672. The third-order valence-corrected chi connectivity index (χ3v) is 3.81. The Morgan fingerprint density at radius 1 is 1.39 bits per heavy atom. The highest BCUT2D eigenvalue weighted by atomic mass is 127. The molecular weight excluding hydrogens is 367 g/mol. The van der Waals surface area contributed by atoms with E-state index in [1.54, 1.807) is 17.5 Å². The molecule has 5 nitrogen and oxygen atoms in total. The lowest BCUT2D eigenvalue weighted by atomic mass is 10.2. The lowest BCUT2D eigenvalue weighted by Crippen LogP contribution is -2.13. The van der Waals surface area contributed by atoms with Crippen molar-refractivity contribution < 1.29 is 9.72 Å². The molecular formula is C11H7IN2O3S. The molecule has 0 aliphatic heterocycles. The van der Waals surface area contributed by atoms with Crippen LogP contribution in [0.2, 0.25) is 0 Å². The van der Waals surface area contributed by atoms with Crippen molar-refractivity contribution in [2.24, 2.45) is 0 Å². The molecule has 0 atom stereocenters. The van der Waals surface area contributed by atoms with Crippen molar-refractivity contribution in [3.8, 4) is 0 Å². The quantitative estimate of drug-likeness (QED) is 0.508. The van der Waals surface area contributed by atoms with Crippen LogP contribution < -0.4 is 5.32 Å². The summed E-state index contributed by atoms with van der Waals surface area (Å²) in [6, 6.07) is 5.99. The fraction of sp³-hybridized carbons (Fsp3) is 0. The molecule has 0 spiro atoms. The van der Waals surface area contributed by atoms with Gasteiger partial charge < -0.3 is 5.32 Å². The minimum Gasteiger partial charge on any atom is -0.321 e. The fourth-order valence-electron chi connectivity index (χ4n) is 1.33. The third kappa shape index (κ3) is 2.85. The lowest BCUT2D eigenvalue weighted by molar-refractivity contribution is -0.384. The molecule has 1 amide bonds. The van der Waals surface area contributed by atoms with Crippen LogP contribution in [0.5, 0.6) is 0 Å². The van der Waals surface area contributed by atoms with Crippen LogP contribution in [0.3, 0.4) is 0 Å². The molecule has 0 bridgehead atoms. The number of nitro groups is 1. The number of hydrogen-bond donors (Lipinski definition) is 1. The Bertz CT molecular complexity index is 598. The Balaban J connectivity index is 2.29. The standard InChI is InChI=1S/C11H7IN2O3S/c12-10-2-1-8(14(16)17)5-9(10)11(15)13-7-3-4-18-6-7/h1-6H,(H,13,15). The van der Waals surface area contributed by atoms with Crippen LogP contribution >= 0.6 is 33.9 Å². The van der Waals surface area contributed by atoms with Crippen LogP contribution in [-0.4, -0.2) is 10.8 Å². The number of anilines is 1. The number of carbonyl (C=O) groups is 1. The van der Waals surface area contributed by atoms with Crippen molar-refractivity contribution in [1.29, 1.82) is 0 Å². The van der Waals surface area contributed by atoms with Crippen molar-refractivity contribution in [2.45, 2.75) is 0 Å². The first-order valence-electron chi connectivity index (χ1n) is 4.85. The van der Waals surface area contributed by atoms with Gasteiger partial charge in [0.2, 0.25) is 0 Å². The van der Waals surface area contributed by atoms with Gasteiger partial charge in [0.25, 0.3) is 11.6 Å². The zero-order valence-electron chi connectivity index (χ0n) is 8.92. The predicted molar refractivity (Wildman–Crippen MR) is 78.1 cm³/mol. The molecule has 0 unspecified atom stereocenters. The summed E-state index contributed by atoms with van der Waals surface area (Å²) in [5, 5.41) is 17.0. The fourth-order valence-corrected chi connectivity index (χ4v) is 2.50. The highest BCUT2D eigenvalue weighted by molar-refractivity contribution is 14.1.